The van der Waals surface area contributed by atoms with Crippen LogP contribution in [0, 0.1) is 24.0 Å². The minimum atomic E-state index is -0.510. The van der Waals surface area contributed by atoms with Gasteiger partial charge in [0, 0.05) is 16.7 Å². The van der Waals surface area contributed by atoms with Crippen LogP contribution in [-0.2, 0) is 0 Å². The molecule has 2 aromatic rings. The van der Waals surface area contributed by atoms with Crippen molar-refractivity contribution in [2.75, 3.05) is 5.32 Å². The van der Waals surface area contributed by atoms with Gasteiger partial charge in [-0.05, 0) is 49.2 Å². The highest BCUT2D eigenvalue weighted by Gasteiger charge is 2.19. The molecule has 1 amide bonds. The number of aryl methyl sites for hydroxylation is 1. The lowest BCUT2D eigenvalue weighted by molar-refractivity contribution is -0.384. The Labute approximate surface area is 126 Å². The fraction of sp³-hybridized carbons (Fsp3) is 0.133. The predicted molar refractivity (Wildman–Crippen MR) is 82.0 cm³/mol. The molecule has 108 valence electrons. The molecule has 1 N–H and O–H groups in total. The molecule has 0 aromatic heterocycles. The average molecular weight is 305 g/mol. The molecule has 0 atom stereocenters. The van der Waals surface area contributed by atoms with E-state index in [4.69, 9.17) is 11.6 Å². The number of carbonyl (C=O) groups excluding carboxylic acids is 1. The van der Waals surface area contributed by atoms with Crippen molar-refractivity contribution in [3.63, 3.8) is 0 Å². The fourth-order valence-corrected chi connectivity index (χ4v) is 2.02. The van der Waals surface area contributed by atoms with Crippen molar-refractivity contribution in [2.45, 2.75) is 13.8 Å². The summed E-state index contributed by atoms with van der Waals surface area (Å²) in [5.41, 5.74) is 2.02. The molecule has 5 nitrogen and oxygen atoms in total. The van der Waals surface area contributed by atoms with Crippen LogP contribution in [0.25, 0.3) is 0 Å². The van der Waals surface area contributed by atoms with Gasteiger partial charge in [0.25, 0.3) is 11.6 Å². The second-order valence-electron chi connectivity index (χ2n) is 4.62. The largest absolute Gasteiger partial charge is 0.316 e. The molecule has 6 heteroatoms. The number of amides is 1. The summed E-state index contributed by atoms with van der Waals surface area (Å²) in [7, 11) is 0. The summed E-state index contributed by atoms with van der Waals surface area (Å²) in [5, 5.41) is 14.2. The Balaban J connectivity index is 2.38. The quantitative estimate of drug-likeness (QED) is 0.685. The van der Waals surface area contributed by atoms with Crippen LogP contribution >= 0.6 is 11.6 Å². The van der Waals surface area contributed by atoms with Crippen molar-refractivity contribution in [3.05, 3.63) is 68.2 Å². The van der Waals surface area contributed by atoms with E-state index in [1.165, 1.54) is 6.07 Å². The molecule has 0 spiro atoms. The highest BCUT2D eigenvalue weighted by Crippen LogP contribution is 2.30. The van der Waals surface area contributed by atoms with Crippen molar-refractivity contribution in [3.8, 4) is 0 Å². The van der Waals surface area contributed by atoms with E-state index in [2.05, 4.69) is 5.32 Å². The lowest BCUT2D eigenvalue weighted by Gasteiger charge is -2.11. The molecule has 0 aliphatic rings. The summed E-state index contributed by atoms with van der Waals surface area (Å²) in [4.78, 5) is 22.8. The zero-order valence-electron chi connectivity index (χ0n) is 11.5. The van der Waals surface area contributed by atoms with Gasteiger partial charge < -0.3 is 5.32 Å². The Morgan fingerprint density at radius 2 is 1.76 bits per heavy atom. The summed E-state index contributed by atoms with van der Waals surface area (Å²) in [6.45, 7) is 3.57. The Kier molecular flexibility index (Phi) is 4.23. The van der Waals surface area contributed by atoms with Crippen LogP contribution in [0.1, 0.15) is 21.5 Å². The zero-order valence-corrected chi connectivity index (χ0v) is 12.3. The van der Waals surface area contributed by atoms with Gasteiger partial charge in [0.2, 0.25) is 0 Å². The van der Waals surface area contributed by atoms with Gasteiger partial charge in [0.05, 0.1) is 4.92 Å². The molecular weight excluding hydrogens is 292 g/mol. The lowest BCUT2D eigenvalue weighted by atomic mass is 10.1. The third-order valence-electron chi connectivity index (χ3n) is 3.26. The van der Waals surface area contributed by atoms with Crippen LogP contribution in [0.3, 0.4) is 0 Å². The second-order valence-corrected chi connectivity index (χ2v) is 5.06. The van der Waals surface area contributed by atoms with Gasteiger partial charge in [-0.2, -0.15) is 0 Å². The average Bonchev–Trinajstić information content (AvgIpc) is 2.44. The van der Waals surface area contributed by atoms with Crippen LogP contribution < -0.4 is 5.32 Å². The number of nitrogens with one attached hydrogen (secondary N) is 1. The molecule has 0 fully saturated rings. The van der Waals surface area contributed by atoms with Crippen molar-refractivity contribution >= 4 is 28.9 Å². The second kappa shape index (κ2) is 5.93. The third-order valence-corrected chi connectivity index (χ3v) is 3.51. The molecule has 0 aliphatic carbocycles. The molecule has 0 saturated carbocycles. The first kappa shape index (κ1) is 15.0. The predicted octanol–water partition coefficient (Wildman–Crippen LogP) is 4.12. The van der Waals surface area contributed by atoms with Crippen LogP contribution in [0.2, 0.25) is 5.02 Å². The van der Waals surface area contributed by atoms with E-state index in [9.17, 15) is 14.9 Å². The van der Waals surface area contributed by atoms with Crippen LogP contribution in [0.5, 0.6) is 0 Å². The number of nitro benzene ring substituents is 1. The fourth-order valence-electron chi connectivity index (χ4n) is 1.90. The molecule has 0 bridgehead atoms. The molecule has 2 rings (SSSR count). The van der Waals surface area contributed by atoms with Crippen molar-refractivity contribution in [1.82, 2.24) is 0 Å². The van der Waals surface area contributed by atoms with Crippen LogP contribution in [0.15, 0.2) is 36.4 Å². The number of nitrogens with zero attached hydrogens (tertiary/aromatic N) is 1. The number of carbonyl (C=O) groups is 1. The van der Waals surface area contributed by atoms with Gasteiger partial charge in [-0.3, -0.25) is 14.9 Å². The smallest absolute Gasteiger partial charge is 0.293 e. The monoisotopic (exact) mass is 304 g/mol. The summed E-state index contributed by atoms with van der Waals surface area (Å²) in [5.74, 6) is -0.413. The number of rotatable bonds is 3. The van der Waals surface area contributed by atoms with E-state index in [1.807, 2.05) is 6.92 Å². The van der Waals surface area contributed by atoms with Gasteiger partial charge >= 0.3 is 0 Å². The normalized spacial score (nSPS) is 10.2. The minimum Gasteiger partial charge on any atom is -0.316 e. The first-order valence-corrected chi connectivity index (χ1v) is 6.59. The molecular formula is C15H13ClN2O3. The Morgan fingerprint density at radius 1 is 1.14 bits per heavy atom. The van der Waals surface area contributed by atoms with E-state index in [0.717, 1.165) is 5.56 Å². The minimum absolute atomic E-state index is 0.125. The zero-order chi connectivity index (χ0) is 15.6. The highest BCUT2D eigenvalue weighted by atomic mass is 35.5. The van der Waals surface area contributed by atoms with Gasteiger partial charge in [-0.25, -0.2) is 0 Å². The maximum absolute atomic E-state index is 12.2. The Morgan fingerprint density at radius 3 is 2.33 bits per heavy atom. The summed E-state index contributed by atoms with van der Waals surface area (Å²) >= 11 is 5.77. The maximum Gasteiger partial charge on any atom is 0.293 e. The highest BCUT2D eigenvalue weighted by molar-refractivity contribution is 6.30. The first-order chi connectivity index (χ1) is 9.90. The number of benzene rings is 2. The molecule has 2 aromatic carbocycles. The Bertz CT molecular complexity index is 712. The van der Waals surface area contributed by atoms with Gasteiger partial charge in [-0.1, -0.05) is 17.7 Å². The van der Waals surface area contributed by atoms with E-state index in [0.29, 0.717) is 16.1 Å². The standard InChI is InChI=1S/C15H13ClN2O3/c1-9-3-8-13(18(20)21)14(10(9)2)17-15(19)11-4-6-12(16)7-5-11/h3-8H,1-2H3,(H,17,19). The molecule has 0 saturated heterocycles. The van der Waals surface area contributed by atoms with Crippen LogP contribution in [-0.4, -0.2) is 10.8 Å². The summed E-state index contributed by atoms with van der Waals surface area (Å²) in [6, 6.07) is 9.36. The van der Waals surface area contributed by atoms with E-state index in [1.54, 1.807) is 37.3 Å². The molecule has 0 heterocycles. The first-order valence-electron chi connectivity index (χ1n) is 6.21. The molecule has 21 heavy (non-hydrogen) atoms. The Hall–Kier alpha value is -2.40. The van der Waals surface area contributed by atoms with E-state index >= 15 is 0 Å². The molecule has 0 aliphatic heterocycles. The molecule has 0 radical (unpaired) electrons. The maximum atomic E-state index is 12.2. The third kappa shape index (κ3) is 3.20. The van der Waals surface area contributed by atoms with E-state index in [-0.39, 0.29) is 11.4 Å². The number of hydrogen-bond donors (Lipinski definition) is 1. The number of anilines is 1. The number of hydrogen-bond acceptors (Lipinski definition) is 3. The van der Waals surface area contributed by atoms with Gasteiger partial charge in [-0.15, -0.1) is 0 Å². The lowest BCUT2D eigenvalue weighted by Crippen LogP contribution is -2.14. The van der Waals surface area contributed by atoms with Crippen molar-refractivity contribution in [2.24, 2.45) is 0 Å². The molecule has 0 unspecified atom stereocenters. The van der Waals surface area contributed by atoms with Crippen molar-refractivity contribution < 1.29 is 9.72 Å². The number of nitro groups is 1. The van der Waals surface area contributed by atoms with Crippen LogP contribution in [0.4, 0.5) is 11.4 Å². The van der Waals surface area contributed by atoms with E-state index < -0.39 is 10.8 Å². The van der Waals surface area contributed by atoms with Gasteiger partial charge in [0.15, 0.2) is 0 Å². The number of halogens is 1. The topological polar surface area (TPSA) is 72.2 Å². The summed E-state index contributed by atoms with van der Waals surface area (Å²) < 4.78 is 0. The van der Waals surface area contributed by atoms with Crippen molar-refractivity contribution in [1.29, 1.82) is 0 Å². The SMILES string of the molecule is Cc1ccc([N+](=O)[O-])c(NC(=O)c2ccc(Cl)cc2)c1C. The summed E-state index contributed by atoms with van der Waals surface area (Å²) in [6.07, 6.45) is 0. The van der Waals surface area contributed by atoms with Gasteiger partial charge in [0.1, 0.15) is 5.69 Å².